The maximum absolute atomic E-state index is 10.8. The van der Waals surface area contributed by atoms with Crippen molar-refractivity contribution >= 4 is 33.6 Å². The quantitative estimate of drug-likeness (QED) is 0.777. The van der Waals surface area contributed by atoms with Gasteiger partial charge in [0, 0.05) is 4.47 Å². The molecule has 3 N–H and O–H groups in total. The minimum atomic E-state index is -1.11. The zero-order valence-electron chi connectivity index (χ0n) is 7.53. The number of para-hydroxylation sites is 1. The van der Waals surface area contributed by atoms with E-state index in [1.54, 1.807) is 12.1 Å². The van der Waals surface area contributed by atoms with Gasteiger partial charge < -0.3 is 15.5 Å². The lowest BCUT2D eigenvalue weighted by Crippen LogP contribution is -2.15. The van der Waals surface area contributed by atoms with Crippen molar-refractivity contribution in [2.24, 2.45) is 0 Å². The van der Waals surface area contributed by atoms with Crippen molar-refractivity contribution in [1.82, 2.24) is 0 Å². The SMILES string of the molecule is O=C(O)CNc1c(Br)cccc1C(=O)O. The first-order chi connectivity index (χ1) is 7.02. The number of aromatic carboxylic acids is 1. The molecule has 0 aliphatic heterocycles. The van der Waals surface area contributed by atoms with Crippen LogP contribution in [0.3, 0.4) is 0 Å². The Bertz CT molecular complexity index is 405. The van der Waals surface area contributed by atoms with Gasteiger partial charge >= 0.3 is 11.9 Å². The van der Waals surface area contributed by atoms with Crippen LogP contribution < -0.4 is 5.32 Å². The second-order valence-corrected chi connectivity index (χ2v) is 3.57. The van der Waals surface area contributed by atoms with Gasteiger partial charge in [0.05, 0.1) is 11.3 Å². The number of nitrogens with one attached hydrogen (secondary N) is 1. The highest BCUT2D eigenvalue weighted by molar-refractivity contribution is 9.10. The Balaban J connectivity index is 3.02. The number of benzene rings is 1. The van der Waals surface area contributed by atoms with Crippen molar-refractivity contribution in [3.8, 4) is 0 Å². The molecule has 15 heavy (non-hydrogen) atoms. The molecular formula is C9H8BrNO4. The molecule has 6 heteroatoms. The highest BCUT2D eigenvalue weighted by Gasteiger charge is 2.12. The van der Waals surface area contributed by atoms with Crippen LogP contribution in [0, 0.1) is 0 Å². The van der Waals surface area contributed by atoms with Crippen LogP contribution in [0.5, 0.6) is 0 Å². The highest BCUT2D eigenvalue weighted by atomic mass is 79.9. The Labute approximate surface area is 93.9 Å². The maximum atomic E-state index is 10.8. The molecule has 0 saturated heterocycles. The molecule has 0 bridgehead atoms. The number of carboxylic acid groups (broad SMARTS) is 2. The van der Waals surface area contributed by atoms with Crippen LogP contribution in [0.15, 0.2) is 22.7 Å². The van der Waals surface area contributed by atoms with Gasteiger partial charge in [-0.25, -0.2) is 4.79 Å². The second-order valence-electron chi connectivity index (χ2n) is 2.71. The molecule has 80 valence electrons. The van der Waals surface area contributed by atoms with Crippen LogP contribution in [-0.4, -0.2) is 28.7 Å². The number of hydrogen-bond donors (Lipinski definition) is 3. The predicted molar refractivity (Wildman–Crippen MR) is 57.2 cm³/mol. The molecule has 0 aromatic heterocycles. The minimum Gasteiger partial charge on any atom is -0.480 e. The van der Waals surface area contributed by atoms with Gasteiger partial charge in [-0.1, -0.05) is 6.07 Å². The van der Waals surface area contributed by atoms with Gasteiger partial charge in [-0.15, -0.1) is 0 Å². The van der Waals surface area contributed by atoms with Crippen LogP contribution in [0.2, 0.25) is 0 Å². The molecule has 0 aliphatic carbocycles. The summed E-state index contributed by atoms with van der Waals surface area (Å²) < 4.78 is 0.517. The lowest BCUT2D eigenvalue weighted by atomic mass is 10.2. The third kappa shape index (κ3) is 2.95. The van der Waals surface area contributed by atoms with Crippen molar-refractivity contribution in [3.63, 3.8) is 0 Å². The van der Waals surface area contributed by atoms with Gasteiger partial charge in [0.15, 0.2) is 0 Å². The normalized spacial score (nSPS) is 9.67. The molecule has 0 fully saturated rings. The van der Waals surface area contributed by atoms with Gasteiger partial charge in [-0.3, -0.25) is 4.79 Å². The summed E-state index contributed by atoms with van der Waals surface area (Å²) in [5, 5.41) is 19.9. The molecule has 1 aromatic rings. The van der Waals surface area contributed by atoms with Crippen LogP contribution in [0.1, 0.15) is 10.4 Å². The fraction of sp³-hybridized carbons (Fsp3) is 0.111. The molecule has 0 atom stereocenters. The Kier molecular flexibility index (Phi) is 3.68. The number of rotatable bonds is 4. The van der Waals surface area contributed by atoms with Crippen LogP contribution >= 0.6 is 15.9 Å². The summed E-state index contributed by atoms with van der Waals surface area (Å²) in [5.41, 5.74) is 0.304. The molecule has 0 aliphatic rings. The van der Waals surface area contributed by atoms with E-state index in [0.29, 0.717) is 4.47 Å². The largest absolute Gasteiger partial charge is 0.480 e. The van der Waals surface area contributed by atoms with Gasteiger partial charge in [-0.05, 0) is 28.1 Å². The van der Waals surface area contributed by atoms with Gasteiger partial charge in [0.1, 0.15) is 6.54 Å². The third-order valence-electron chi connectivity index (χ3n) is 1.66. The average Bonchev–Trinajstić information content (AvgIpc) is 2.15. The number of carboxylic acids is 2. The van der Waals surface area contributed by atoms with Crippen molar-refractivity contribution in [3.05, 3.63) is 28.2 Å². The molecule has 0 heterocycles. The standard InChI is InChI=1S/C9H8BrNO4/c10-6-3-1-2-5(9(14)15)8(6)11-4-7(12)13/h1-3,11H,4H2,(H,12,13)(H,14,15). The van der Waals surface area contributed by atoms with Crippen LogP contribution in [-0.2, 0) is 4.79 Å². The first-order valence-corrected chi connectivity index (χ1v) is 4.79. The monoisotopic (exact) mass is 273 g/mol. The molecular weight excluding hydrogens is 266 g/mol. The molecule has 5 nitrogen and oxygen atoms in total. The summed E-state index contributed by atoms with van der Waals surface area (Å²) in [6, 6.07) is 4.60. The Morgan fingerprint density at radius 2 is 2.00 bits per heavy atom. The Morgan fingerprint density at radius 3 is 2.53 bits per heavy atom. The van der Waals surface area contributed by atoms with Crippen molar-refractivity contribution in [1.29, 1.82) is 0 Å². The zero-order chi connectivity index (χ0) is 11.4. The second kappa shape index (κ2) is 4.79. The van der Waals surface area contributed by atoms with E-state index in [9.17, 15) is 9.59 Å². The van der Waals surface area contributed by atoms with Crippen LogP contribution in [0.4, 0.5) is 5.69 Å². The fourth-order valence-corrected chi connectivity index (χ4v) is 1.55. The highest BCUT2D eigenvalue weighted by Crippen LogP contribution is 2.26. The lowest BCUT2D eigenvalue weighted by Gasteiger charge is -2.09. The molecule has 0 amide bonds. The van der Waals surface area contributed by atoms with Gasteiger partial charge in [0.2, 0.25) is 0 Å². The van der Waals surface area contributed by atoms with E-state index in [2.05, 4.69) is 21.2 Å². The van der Waals surface area contributed by atoms with E-state index in [0.717, 1.165) is 0 Å². The predicted octanol–water partition coefficient (Wildman–Crippen LogP) is 1.64. The van der Waals surface area contributed by atoms with E-state index >= 15 is 0 Å². The summed E-state index contributed by atoms with van der Waals surface area (Å²) in [6.07, 6.45) is 0. The summed E-state index contributed by atoms with van der Waals surface area (Å²) in [6.45, 7) is -0.330. The third-order valence-corrected chi connectivity index (χ3v) is 2.32. The average molecular weight is 274 g/mol. The maximum Gasteiger partial charge on any atom is 0.337 e. The minimum absolute atomic E-state index is 0.0330. The van der Waals surface area contributed by atoms with E-state index in [-0.39, 0.29) is 17.8 Å². The molecule has 0 radical (unpaired) electrons. The summed E-state index contributed by atoms with van der Waals surface area (Å²) >= 11 is 3.15. The first-order valence-electron chi connectivity index (χ1n) is 4.00. The smallest absolute Gasteiger partial charge is 0.337 e. The van der Waals surface area contributed by atoms with Gasteiger partial charge in [0.25, 0.3) is 0 Å². The number of carbonyl (C=O) groups is 2. The zero-order valence-corrected chi connectivity index (χ0v) is 9.11. The summed E-state index contributed by atoms with van der Waals surface area (Å²) in [4.78, 5) is 21.2. The van der Waals surface area contributed by atoms with Crippen molar-refractivity contribution in [2.45, 2.75) is 0 Å². The van der Waals surface area contributed by atoms with Crippen LogP contribution in [0.25, 0.3) is 0 Å². The van der Waals surface area contributed by atoms with Gasteiger partial charge in [-0.2, -0.15) is 0 Å². The molecule has 1 aromatic carbocycles. The Morgan fingerprint density at radius 1 is 1.33 bits per heavy atom. The van der Waals surface area contributed by atoms with Crippen molar-refractivity contribution in [2.75, 3.05) is 11.9 Å². The first kappa shape index (κ1) is 11.5. The van der Waals surface area contributed by atoms with E-state index in [4.69, 9.17) is 10.2 Å². The topological polar surface area (TPSA) is 86.6 Å². The van der Waals surface area contributed by atoms with E-state index < -0.39 is 11.9 Å². The number of aliphatic carboxylic acids is 1. The summed E-state index contributed by atoms with van der Waals surface area (Å²) in [5.74, 6) is -2.16. The number of anilines is 1. The molecule has 0 unspecified atom stereocenters. The molecule has 1 rings (SSSR count). The lowest BCUT2D eigenvalue weighted by molar-refractivity contribution is -0.134. The Hall–Kier alpha value is -1.56. The number of hydrogen-bond acceptors (Lipinski definition) is 3. The molecule has 0 spiro atoms. The van der Waals surface area contributed by atoms with E-state index in [1.165, 1.54) is 6.07 Å². The fourth-order valence-electron chi connectivity index (χ4n) is 1.05. The van der Waals surface area contributed by atoms with E-state index in [1.807, 2.05) is 0 Å². The van der Waals surface area contributed by atoms with Crippen molar-refractivity contribution < 1.29 is 19.8 Å². The molecule has 0 saturated carbocycles. The number of halogens is 1. The summed E-state index contributed by atoms with van der Waals surface area (Å²) in [7, 11) is 0.